The van der Waals surface area contributed by atoms with E-state index in [0.29, 0.717) is 50.4 Å². The normalized spacial score (nSPS) is 20.2. The van der Waals surface area contributed by atoms with Crippen LogP contribution in [0, 0.1) is 23.5 Å². The van der Waals surface area contributed by atoms with Gasteiger partial charge in [0.05, 0.1) is 12.3 Å². The largest absolute Gasteiger partial charge is 0.491 e. The molecule has 2 atom stereocenters. The molecule has 180 valence electrons. The number of nitrogens with zero attached hydrogens (tertiary/aromatic N) is 2. The van der Waals surface area contributed by atoms with Gasteiger partial charge in [0, 0.05) is 37.5 Å². The summed E-state index contributed by atoms with van der Waals surface area (Å²) in [6.45, 7) is 1.05. The summed E-state index contributed by atoms with van der Waals surface area (Å²) >= 11 is 0. The number of fused-ring (bicyclic) bond motifs is 2. The van der Waals surface area contributed by atoms with Gasteiger partial charge >= 0.3 is 0 Å². The van der Waals surface area contributed by atoms with Crippen molar-refractivity contribution in [2.75, 3.05) is 25.0 Å². The standard InChI is InChI=1S/C27H25F2N3O3/c28-21-4-1-5-22(29)26(21)27(34)32-11-8-18-14-25(33)31-23-13-17(19-3-2-10-30-15-19)6-7-24(23)35-12-9-20(18)16-32/h1-7,10,13,15,18,20H,8-9,11-12,14,16H2,(H,31,33)/t18-,20-/m0/s1. The van der Waals surface area contributed by atoms with E-state index in [1.165, 1.54) is 11.0 Å². The van der Waals surface area contributed by atoms with E-state index in [4.69, 9.17) is 4.74 Å². The molecule has 1 saturated heterocycles. The minimum atomic E-state index is -0.868. The van der Waals surface area contributed by atoms with Gasteiger partial charge in [-0.15, -0.1) is 0 Å². The lowest BCUT2D eigenvalue weighted by Crippen LogP contribution is -2.45. The highest BCUT2D eigenvalue weighted by molar-refractivity contribution is 5.95. The predicted octanol–water partition coefficient (Wildman–Crippen LogP) is 4.92. The number of benzene rings is 2. The van der Waals surface area contributed by atoms with Crippen LogP contribution in [0.2, 0.25) is 0 Å². The highest BCUT2D eigenvalue weighted by Gasteiger charge is 2.35. The number of rotatable bonds is 2. The number of amides is 2. The molecule has 1 fully saturated rings. The Kier molecular flexibility index (Phi) is 6.44. The van der Waals surface area contributed by atoms with E-state index in [2.05, 4.69) is 10.3 Å². The van der Waals surface area contributed by atoms with Gasteiger partial charge in [0.25, 0.3) is 5.91 Å². The number of pyridine rings is 1. The van der Waals surface area contributed by atoms with Crippen molar-refractivity contribution < 1.29 is 23.1 Å². The van der Waals surface area contributed by atoms with Crippen molar-refractivity contribution >= 4 is 17.5 Å². The van der Waals surface area contributed by atoms with Gasteiger partial charge in [-0.2, -0.15) is 0 Å². The van der Waals surface area contributed by atoms with E-state index in [0.717, 1.165) is 23.3 Å². The van der Waals surface area contributed by atoms with E-state index in [9.17, 15) is 18.4 Å². The topological polar surface area (TPSA) is 71.5 Å². The molecule has 0 unspecified atom stereocenters. The summed E-state index contributed by atoms with van der Waals surface area (Å²) in [5, 5.41) is 2.98. The van der Waals surface area contributed by atoms with Gasteiger partial charge in [0.15, 0.2) is 0 Å². The Morgan fingerprint density at radius 3 is 2.63 bits per heavy atom. The van der Waals surface area contributed by atoms with Crippen LogP contribution in [0.5, 0.6) is 5.75 Å². The van der Waals surface area contributed by atoms with Gasteiger partial charge in [-0.3, -0.25) is 14.6 Å². The van der Waals surface area contributed by atoms with E-state index in [1.54, 1.807) is 12.4 Å². The number of halogens is 2. The van der Waals surface area contributed by atoms with Gasteiger partial charge in [-0.25, -0.2) is 8.78 Å². The molecular weight excluding hydrogens is 452 g/mol. The van der Waals surface area contributed by atoms with Crippen molar-refractivity contribution in [3.8, 4) is 16.9 Å². The van der Waals surface area contributed by atoms with Gasteiger partial charge < -0.3 is 15.0 Å². The van der Waals surface area contributed by atoms with Gasteiger partial charge in [0.2, 0.25) is 5.91 Å². The first kappa shape index (κ1) is 23.0. The number of likely N-dealkylation sites (tertiary alicyclic amines) is 1. The lowest BCUT2D eigenvalue weighted by atomic mass is 9.80. The molecule has 3 heterocycles. The van der Waals surface area contributed by atoms with Crippen molar-refractivity contribution in [3.05, 3.63) is 78.1 Å². The third-order valence-electron chi connectivity index (χ3n) is 6.80. The molecule has 0 spiro atoms. The molecule has 2 aliphatic heterocycles. The monoisotopic (exact) mass is 477 g/mol. The number of ether oxygens (including phenoxy) is 1. The number of aromatic nitrogens is 1. The van der Waals surface area contributed by atoms with Crippen LogP contribution in [-0.4, -0.2) is 41.4 Å². The minimum absolute atomic E-state index is 0.0236. The van der Waals surface area contributed by atoms with Crippen LogP contribution in [-0.2, 0) is 4.79 Å². The van der Waals surface area contributed by atoms with Crippen molar-refractivity contribution in [2.45, 2.75) is 19.3 Å². The zero-order valence-electron chi connectivity index (χ0n) is 19.0. The maximum absolute atomic E-state index is 14.2. The average molecular weight is 478 g/mol. The number of hydrogen-bond acceptors (Lipinski definition) is 4. The smallest absolute Gasteiger partial charge is 0.259 e. The lowest BCUT2D eigenvalue weighted by Gasteiger charge is -2.39. The predicted molar refractivity (Wildman–Crippen MR) is 127 cm³/mol. The summed E-state index contributed by atoms with van der Waals surface area (Å²) in [6, 6.07) is 12.8. The maximum atomic E-state index is 14.2. The Hall–Kier alpha value is -3.81. The van der Waals surface area contributed by atoms with Crippen LogP contribution >= 0.6 is 0 Å². The molecule has 0 saturated carbocycles. The summed E-state index contributed by atoms with van der Waals surface area (Å²) in [5.41, 5.74) is 1.93. The van der Waals surface area contributed by atoms with Crippen LogP contribution in [0.3, 0.4) is 0 Å². The average Bonchev–Trinajstić information content (AvgIpc) is 2.86. The molecular formula is C27H25F2N3O3. The number of carbonyl (C=O) groups excluding carboxylic acids is 2. The fourth-order valence-electron chi connectivity index (χ4n) is 4.95. The van der Waals surface area contributed by atoms with Crippen molar-refractivity contribution in [1.82, 2.24) is 9.88 Å². The first-order valence-corrected chi connectivity index (χ1v) is 11.7. The van der Waals surface area contributed by atoms with E-state index >= 15 is 0 Å². The molecule has 35 heavy (non-hydrogen) atoms. The SMILES string of the molecule is O=C1C[C@@H]2CCN(C(=O)c3c(F)cccc3F)C[C@@H]2CCOc2ccc(-c3cccnc3)cc2N1. The Morgan fingerprint density at radius 1 is 1.03 bits per heavy atom. The van der Waals surface area contributed by atoms with Crippen molar-refractivity contribution in [3.63, 3.8) is 0 Å². The Balaban J connectivity index is 1.33. The zero-order chi connectivity index (χ0) is 24.4. The first-order valence-electron chi connectivity index (χ1n) is 11.7. The molecule has 0 radical (unpaired) electrons. The number of carbonyl (C=O) groups is 2. The second kappa shape index (κ2) is 9.82. The van der Waals surface area contributed by atoms with Crippen molar-refractivity contribution in [2.24, 2.45) is 11.8 Å². The number of anilines is 1. The summed E-state index contributed by atoms with van der Waals surface area (Å²) in [6.07, 6.45) is 4.96. The summed E-state index contributed by atoms with van der Waals surface area (Å²) in [5.74, 6) is -1.94. The number of hydrogen-bond donors (Lipinski definition) is 1. The van der Waals surface area contributed by atoms with Crippen molar-refractivity contribution in [1.29, 1.82) is 0 Å². The minimum Gasteiger partial charge on any atom is -0.491 e. The van der Waals surface area contributed by atoms with E-state index in [1.807, 2.05) is 30.3 Å². The molecule has 8 heteroatoms. The molecule has 2 amide bonds. The molecule has 0 bridgehead atoms. The van der Waals surface area contributed by atoms with Crippen LogP contribution in [0.25, 0.3) is 11.1 Å². The quantitative estimate of drug-likeness (QED) is 0.569. The zero-order valence-corrected chi connectivity index (χ0v) is 19.0. The molecule has 3 aromatic rings. The van der Waals surface area contributed by atoms with Crippen LogP contribution in [0.15, 0.2) is 60.9 Å². The van der Waals surface area contributed by atoms with E-state index in [-0.39, 0.29) is 17.7 Å². The molecule has 6 nitrogen and oxygen atoms in total. The molecule has 2 aliphatic rings. The Morgan fingerprint density at radius 2 is 1.86 bits per heavy atom. The molecule has 1 aromatic heterocycles. The molecule has 5 rings (SSSR count). The van der Waals surface area contributed by atoms with Crippen LogP contribution in [0.4, 0.5) is 14.5 Å². The van der Waals surface area contributed by atoms with Crippen LogP contribution < -0.4 is 10.1 Å². The van der Waals surface area contributed by atoms with Gasteiger partial charge in [-0.1, -0.05) is 18.2 Å². The summed E-state index contributed by atoms with van der Waals surface area (Å²) in [4.78, 5) is 31.5. The molecule has 1 N–H and O–H groups in total. The fraction of sp³-hybridized carbons (Fsp3) is 0.296. The third-order valence-corrected chi connectivity index (χ3v) is 6.80. The second-order valence-corrected chi connectivity index (χ2v) is 9.00. The highest BCUT2D eigenvalue weighted by Crippen LogP contribution is 2.35. The first-order chi connectivity index (χ1) is 17.0. The molecule has 2 aromatic carbocycles. The van der Waals surface area contributed by atoms with Crippen LogP contribution in [0.1, 0.15) is 29.6 Å². The third kappa shape index (κ3) is 4.87. The Labute approximate surface area is 201 Å². The number of piperidine rings is 1. The Bertz CT molecular complexity index is 1230. The van der Waals surface area contributed by atoms with Gasteiger partial charge in [-0.05, 0) is 60.6 Å². The summed E-state index contributed by atoms with van der Waals surface area (Å²) in [7, 11) is 0. The highest BCUT2D eigenvalue weighted by atomic mass is 19.1. The lowest BCUT2D eigenvalue weighted by molar-refractivity contribution is -0.118. The van der Waals surface area contributed by atoms with Gasteiger partial charge in [0.1, 0.15) is 22.9 Å². The summed E-state index contributed by atoms with van der Waals surface area (Å²) < 4.78 is 34.4. The second-order valence-electron chi connectivity index (χ2n) is 9.00. The maximum Gasteiger partial charge on any atom is 0.259 e. The number of nitrogens with one attached hydrogen (secondary N) is 1. The fourth-order valence-corrected chi connectivity index (χ4v) is 4.95. The van der Waals surface area contributed by atoms with E-state index < -0.39 is 23.1 Å². The molecule has 0 aliphatic carbocycles.